The summed E-state index contributed by atoms with van der Waals surface area (Å²) < 4.78 is 44.7. The number of aryl methyl sites for hydroxylation is 1. The van der Waals surface area contributed by atoms with Gasteiger partial charge in [0.1, 0.15) is 16.6 Å². The standard InChI is InChI=1S/C21H25N3O7S/c1-3-29-21(26)17-10-15(12-23(17)2)32(27,28)24-8-4-5-16(24)20(25)22-11-14-6-7-18-19(9-14)31-13-30-18/h6-7,9-10,12,16H,3-5,8,11,13H2,1-2H3,(H,22,25)/t16-/m0/s1. The van der Waals surface area contributed by atoms with Crippen LogP contribution in [-0.4, -0.2) is 55.2 Å². The molecule has 11 heteroatoms. The number of nitrogens with zero attached hydrogens (tertiary/aromatic N) is 2. The molecule has 172 valence electrons. The molecule has 0 bridgehead atoms. The monoisotopic (exact) mass is 463 g/mol. The van der Waals surface area contributed by atoms with Crippen LogP contribution in [0.3, 0.4) is 0 Å². The normalized spacial score (nSPS) is 18.0. The molecule has 10 nitrogen and oxygen atoms in total. The second-order valence-corrected chi connectivity index (χ2v) is 9.46. The fourth-order valence-electron chi connectivity index (χ4n) is 3.87. The first-order valence-electron chi connectivity index (χ1n) is 10.3. The smallest absolute Gasteiger partial charge is 0.354 e. The summed E-state index contributed by atoms with van der Waals surface area (Å²) in [4.78, 5) is 24.9. The van der Waals surface area contributed by atoms with Crippen LogP contribution in [0.5, 0.6) is 11.5 Å². The first-order valence-corrected chi connectivity index (χ1v) is 11.8. The van der Waals surface area contributed by atoms with Crippen molar-refractivity contribution in [1.29, 1.82) is 0 Å². The fourth-order valence-corrected chi connectivity index (χ4v) is 5.59. The number of carbonyl (C=O) groups excluding carboxylic acids is 2. The number of sulfonamides is 1. The van der Waals surface area contributed by atoms with Crippen LogP contribution < -0.4 is 14.8 Å². The van der Waals surface area contributed by atoms with E-state index in [0.29, 0.717) is 24.3 Å². The average molecular weight is 464 g/mol. The second-order valence-electron chi connectivity index (χ2n) is 7.57. The average Bonchev–Trinajstić information content (AvgIpc) is 3.51. The van der Waals surface area contributed by atoms with Gasteiger partial charge in [0.05, 0.1) is 6.61 Å². The summed E-state index contributed by atoms with van der Waals surface area (Å²) in [7, 11) is -2.39. The van der Waals surface area contributed by atoms with Gasteiger partial charge in [-0.2, -0.15) is 4.31 Å². The molecule has 0 aliphatic carbocycles. The van der Waals surface area contributed by atoms with Gasteiger partial charge in [0.15, 0.2) is 11.5 Å². The van der Waals surface area contributed by atoms with Crippen molar-refractivity contribution >= 4 is 21.9 Å². The highest BCUT2D eigenvalue weighted by Crippen LogP contribution is 2.32. The molecule has 0 saturated carbocycles. The Morgan fingerprint density at radius 1 is 1.22 bits per heavy atom. The first kappa shape index (κ1) is 22.2. The zero-order valence-electron chi connectivity index (χ0n) is 17.9. The third-order valence-electron chi connectivity index (χ3n) is 5.48. The van der Waals surface area contributed by atoms with Crippen molar-refractivity contribution in [3.8, 4) is 11.5 Å². The van der Waals surface area contributed by atoms with Gasteiger partial charge < -0.3 is 24.1 Å². The van der Waals surface area contributed by atoms with Crippen molar-refractivity contribution in [3.63, 3.8) is 0 Å². The Labute approximate surface area is 186 Å². The Bertz CT molecular complexity index is 1140. The second kappa shape index (κ2) is 8.83. The predicted octanol–water partition coefficient (Wildman–Crippen LogP) is 1.40. The van der Waals surface area contributed by atoms with E-state index < -0.39 is 22.0 Å². The minimum absolute atomic E-state index is 0.0430. The lowest BCUT2D eigenvalue weighted by molar-refractivity contribution is -0.124. The van der Waals surface area contributed by atoms with Crippen LogP contribution in [0, 0.1) is 0 Å². The van der Waals surface area contributed by atoms with Crippen molar-refractivity contribution in [2.45, 2.75) is 37.2 Å². The number of fused-ring (bicyclic) bond motifs is 1. The Morgan fingerprint density at radius 2 is 2.00 bits per heavy atom. The van der Waals surface area contributed by atoms with Gasteiger partial charge in [-0.05, 0) is 43.5 Å². The highest BCUT2D eigenvalue weighted by atomic mass is 32.2. The Hall–Kier alpha value is -3.05. The largest absolute Gasteiger partial charge is 0.461 e. The van der Waals surface area contributed by atoms with Crippen molar-refractivity contribution in [1.82, 2.24) is 14.2 Å². The number of carbonyl (C=O) groups is 2. The van der Waals surface area contributed by atoms with Crippen LogP contribution in [0.2, 0.25) is 0 Å². The van der Waals surface area contributed by atoms with Gasteiger partial charge >= 0.3 is 5.97 Å². The van der Waals surface area contributed by atoms with Crippen LogP contribution in [0.1, 0.15) is 35.8 Å². The van der Waals surface area contributed by atoms with Gasteiger partial charge in [-0.1, -0.05) is 6.07 Å². The lowest BCUT2D eigenvalue weighted by Gasteiger charge is -2.23. The van der Waals surface area contributed by atoms with E-state index in [1.54, 1.807) is 26.1 Å². The molecular formula is C21H25N3O7S. The zero-order valence-corrected chi connectivity index (χ0v) is 18.7. The van der Waals surface area contributed by atoms with E-state index >= 15 is 0 Å². The molecule has 1 fully saturated rings. The molecule has 1 atom stereocenters. The van der Waals surface area contributed by atoms with Crippen molar-refractivity contribution in [2.24, 2.45) is 7.05 Å². The molecule has 2 aromatic rings. The lowest BCUT2D eigenvalue weighted by atomic mass is 10.2. The molecular weight excluding hydrogens is 438 g/mol. The van der Waals surface area contributed by atoms with Gasteiger partial charge in [-0.15, -0.1) is 0 Å². The summed E-state index contributed by atoms with van der Waals surface area (Å²) in [6.07, 6.45) is 2.35. The predicted molar refractivity (Wildman–Crippen MR) is 113 cm³/mol. The van der Waals surface area contributed by atoms with E-state index in [-0.39, 0.29) is 43.0 Å². The Kier molecular flexibility index (Phi) is 6.11. The number of benzene rings is 1. The number of esters is 1. The van der Waals surface area contributed by atoms with E-state index in [0.717, 1.165) is 5.56 Å². The molecule has 3 heterocycles. The van der Waals surface area contributed by atoms with Crippen LogP contribution >= 0.6 is 0 Å². The highest BCUT2D eigenvalue weighted by Gasteiger charge is 2.40. The fraction of sp³-hybridized carbons (Fsp3) is 0.429. The molecule has 32 heavy (non-hydrogen) atoms. The van der Waals surface area contributed by atoms with Gasteiger partial charge in [0.25, 0.3) is 0 Å². The summed E-state index contributed by atoms with van der Waals surface area (Å²) in [5.41, 5.74) is 0.950. The number of hydrogen-bond acceptors (Lipinski definition) is 7. The molecule has 1 aromatic heterocycles. The van der Waals surface area contributed by atoms with Gasteiger partial charge in [-0.3, -0.25) is 4.79 Å². The summed E-state index contributed by atoms with van der Waals surface area (Å²) in [6.45, 7) is 2.49. The molecule has 0 radical (unpaired) electrons. The highest BCUT2D eigenvalue weighted by molar-refractivity contribution is 7.89. The van der Waals surface area contributed by atoms with Crippen molar-refractivity contribution < 1.29 is 32.2 Å². The molecule has 1 aromatic carbocycles. The maximum atomic E-state index is 13.2. The summed E-state index contributed by atoms with van der Waals surface area (Å²) >= 11 is 0. The third-order valence-corrected chi connectivity index (χ3v) is 7.35. The van der Waals surface area contributed by atoms with Crippen LogP contribution in [0.25, 0.3) is 0 Å². The van der Waals surface area contributed by atoms with E-state index in [1.807, 2.05) is 6.07 Å². The molecule has 2 aliphatic rings. The molecule has 4 rings (SSSR count). The molecule has 1 amide bonds. The quantitative estimate of drug-likeness (QED) is 0.617. The van der Waals surface area contributed by atoms with E-state index in [2.05, 4.69) is 5.32 Å². The van der Waals surface area contributed by atoms with Crippen LogP contribution in [0.15, 0.2) is 35.4 Å². The first-order chi connectivity index (χ1) is 15.3. The number of hydrogen-bond donors (Lipinski definition) is 1. The minimum Gasteiger partial charge on any atom is -0.461 e. The molecule has 0 unspecified atom stereocenters. The molecule has 1 N–H and O–H groups in total. The Morgan fingerprint density at radius 3 is 2.78 bits per heavy atom. The van der Waals surface area contributed by atoms with Crippen molar-refractivity contribution in [3.05, 3.63) is 41.7 Å². The van der Waals surface area contributed by atoms with E-state index in [1.165, 1.54) is 21.1 Å². The Balaban J connectivity index is 1.47. The number of nitrogens with one attached hydrogen (secondary N) is 1. The maximum absolute atomic E-state index is 13.2. The van der Waals surface area contributed by atoms with E-state index in [9.17, 15) is 18.0 Å². The van der Waals surface area contributed by atoms with Gasteiger partial charge in [0, 0.05) is 26.3 Å². The number of ether oxygens (including phenoxy) is 3. The van der Waals surface area contributed by atoms with E-state index in [4.69, 9.17) is 14.2 Å². The van der Waals surface area contributed by atoms with Crippen LogP contribution in [-0.2, 0) is 33.1 Å². The van der Waals surface area contributed by atoms with Gasteiger partial charge in [0.2, 0.25) is 22.7 Å². The SMILES string of the molecule is CCOC(=O)c1cc(S(=O)(=O)N2CCC[C@H]2C(=O)NCc2ccc3c(c2)OCO3)cn1C. The summed E-state index contributed by atoms with van der Waals surface area (Å²) in [6, 6.07) is 5.84. The maximum Gasteiger partial charge on any atom is 0.354 e. The minimum atomic E-state index is -3.97. The zero-order chi connectivity index (χ0) is 22.9. The summed E-state index contributed by atoms with van der Waals surface area (Å²) in [5, 5.41) is 2.82. The lowest BCUT2D eigenvalue weighted by Crippen LogP contribution is -2.45. The number of rotatable bonds is 7. The summed E-state index contributed by atoms with van der Waals surface area (Å²) in [5.74, 6) is 0.294. The molecule has 2 aliphatic heterocycles. The molecule has 0 spiro atoms. The third kappa shape index (κ3) is 4.17. The number of amides is 1. The van der Waals surface area contributed by atoms with Crippen molar-refractivity contribution in [2.75, 3.05) is 19.9 Å². The molecule has 1 saturated heterocycles. The van der Waals surface area contributed by atoms with Crippen LogP contribution in [0.4, 0.5) is 0 Å². The topological polar surface area (TPSA) is 116 Å². The van der Waals surface area contributed by atoms with Gasteiger partial charge in [-0.25, -0.2) is 13.2 Å². The number of aromatic nitrogens is 1.